The molecule has 37 heavy (non-hydrogen) atoms. The van der Waals surface area contributed by atoms with E-state index in [4.69, 9.17) is 11.6 Å². The zero-order valence-corrected chi connectivity index (χ0v) is 22.2. The highest BCUT2D eigenvalue weighted by Crippen LogP contribution is 2.28. The van der Waals surface area contributed by atoms with Gasteiger partial charge in [0.05, 0.1) is 17.3 Å². The van der Waals surface area contributed by atoms with E-state index < -0.39 is 17.5 Å². The van der Waals surface area contributed by atoms with Crippen molar-refractivity contribution in [2.24, 2.45) is 0 Å². The van der Waals surface area contributed by atoms with E-state index in [9.17, 15) is 14.9 Å². The van der Waals surface area contributed by atoms with Gasteiger partial charge in [-0.05, 0) is 60.4 Å². The van der Waals surface area contributed by atoms with Crippen LogP contribution in [0.1, 0.15) is 48.0 Å². The van der Waals surface area contributed by atoms with Gasteiger partial charge in [0.25, 0.3) is 5.91 Å². The summed E-state index contributed by atoms with van der Waals surface area (Å²) < 4.78 is 0. The number of rotatable bonds is 8. The van der Waals surface area contributed by atoms with Crippen LogP contribution in [0, 0.1) is 11.3 Å². The third-order valence-electron chi connectivity index (χ3n) is 6.68. The fraction of sp³-hybridized carbons (Fsp3) is 0.310. The molecule has 2 aromatic carbocycles. The number of nitrogens with zero attached hydrogens (tertiary/aromatic N) is 2. The van der Waals surface area contributed by atoms with Crippen LogP contribution in [0.2, 0.25) is 5.02 Å². The minimum absolute atomic E-state index is 0.0120. The summed E-state index contributed by atoms with van der Waals surface area (Å²) >= 11 is 8.06. The molecule has 6 nitrogen and oxygen atoms in total. The third-order valence-corrected chi connectivity index (χ3v) is 7.99. The minimum atomic E-state index is -0.903. The Balaban J connectivity index is 1.53. The van der Waals surface area contributed by atoms with Crippen molar-refractivity contribution in [2.45, 2.75) is 43.7 Å². The number of carbonyl (C=O) groups excluding carboxylic acids is 2. The zero-order chi connectivity index (χ0) is 26.3. The lowest BCUT2D eigenvalue weighted by Gasteiger charge is -2.33. The highest BCUT2D eigenvalue weighted by Gasteiger charge is 2.36. The van der Waals surface area contributed by atoms with E-state index in [0.29, 0.717) is 35.5 Å². The summed E-state index contributed by atoms with van der Waals surface area (Å²) in [7, 11) is 0. The molecule has 0 unspecified atom stereocenters. The van der Waals surface area contributed by atoms with Crippen LogP contribution < -0.4 is 10.6 Å². The molecule has 0 bridgehead atoms. The van der Waals surface area contributed by atoms with Gasteiger partial charge in [-0.15, -0.1) is 0 Å². The molecular weight excluding hydrogens is 504 g/mol. The molecule has 1 aromatic heterocycles. The van der Waals surface area contributed by atoms with Crippen molar-refractivity contribution in [3.8, 4) is 17.3 Å². The van der Waals surface area contributed by atoms with Crippen molar-refractivity contribution in [1.29, 1.82) is 5.26 Å². The molecule has 0 radical (unpaired) electrons. The number of aromatic nitrogens is 1. The van der Waals surface area contributed by atoms with E-state index >= 15 is 0 Å². The minimum Gasteiger partial charge on any atom is -0.340 e. The Hall–Kier alpha value is -3.34. The van der Waals surface area contributed by atoms with Crippen molar-refractivity contribution in [1.82, 2.24) is 15.6 Å². The summed E-state index contributed by atoms with van der Waals surface area (Å²) in [6.07, 6.45) is 3.05. The molecule has 1 aliphatic rings. The van der Waals surface area contributed by atoms with Gasteiger partial charge in [0.1, 0.15) is 11.6 Å². The maximum atomic E-state index is 13.5. The maximum absolute atomic E-state index is 13.5. The van der Waals surface area contributed by atoms with Crippen LogP contribution in [-0.2, 0) is 4.79 Å². The van der Waals surface area contributed by atoms with Crippen LogP contribution in [0.3, 0.4) is 0 Å². The first-order chi connectivity index (χ1) is 17.9. The lowest BCUT2D eigenvalue weighted by molar-refractivity contribution is -0.124. The third kappa shape index (κ3) is 6.71. The molecule has 2 heterocycles. The van der Waals surface area contributed by atoms with E-state index in [1.807, 2.05) is 55.5 Å². The van der Waals surface area contributed by atoms with Gasteiger partial charge < -0.3 is 10.6 Å². The molecular formula is C29H29ClN4O2S. The first kappa shape index (κ1) is 26.7. The number of nitriles is 1. The Morgan fingerprint density at radius 2 is 1.78 bits per heavy atom. The highest BCUT2D eigenvalue weighted by molar-refractivity contribution is 7.99. The summed E-state index contributed by atoms with van der Waals surface area (Å²) in [6.45, 7) is 2.03. The number of nitrogens with one attached hydrogen (secondary N) is 2. The quantitative estimate of drug-likeness (QED) is 0.394. The SMILES string of the molecule is C[C@@H](C[C@H](NC(=O)c1ccc(-c2ccccc2Cl)nc1)C(=O)NC1(C#N)CCSCC1)c1ccccc1. The number of hydrogen-bond donors (Lipinski definition) is 2. The van der Waals surface area contributed by atoms with E-state index in [1.165, 1.54) is 6.20 Å². The van der Waals surface area contributed by atoms with Gasteiger partial charge in [-0.25, -0.2) is 0 Å². The van der Waals surface area contributed by atoms with Crippen molar-refractivity contribution >= 4 is 35.2 Å². The van der Waals surface area contributed by atoms with Gasteiger partial charge in [0.2, 0.25) is 5.91 Å². The van der Waals surface area contributed by atoms with Crippen LogP contribution in [-0.4, -0.2) is 39.9 Å². The fourth-order valence-electron chi connectivity index (χ4n) is 4.41. The molecule has 0 saturated carbocycles. The summed E-state index contributed by atoms with van der Waals surface area (Å²) in [5.74, 6) is 0.899. The van der Waals surface area contributed by atoms with Crippen LogP contribution in [0.25, 0.3) is 11.3 Å². The monoisotopic (exact) mass is 532 g/mol. The lowest BCUT2D eigenvalue weighted by Crippen LogP contribution is -2.56. The molecule has 8 heteroatoms. The van der Waals surface area contributed by atoms with Gasteiger partial charge >= 0.3 is 0 Å². The molecule has 4 rings (SSSR count). The molecule has 190 valence electrons. The number of hydrogen-bond acceptors (Lipinski definition) is 5. The largest absolute Gasteiger partial charge is 0.340 e. The second-order valence-corrected chi connectivity index (χ2v) is 10.9. The number of thioether (sulfide) groups is 1. The summed E-state index contributed by atoms with van der Waals surface area (Å²) in [5, 5.41) is 16.3. The zero-order valence-electron chi connectivity index (χ0n) is 20.6. The molecule has 2 amide bonds. The van der Waals surface area contributed by atoms with Gasteiger partial charge in [-0.1, -0.05) is 67.1 Å². The number of carbonyl (C=O) groups is 2. The molecule has 1 aliphatic heterocycles. The van der Waals surface area contributed by atoms with Crippen LogP contribution >= 0.6 is 23.4 Å². The predicted octanol–water partition coefficient (Wildman–Crippen LogP) is 5.60. The van der Waals surface area contributed by atoms with Crippen molar-refractivity contribution in [2.75, 3.05) is 11.5 Å². The van der Waals surface area contributed by atoms with E-state index in [-0.39, 0.29) is 11.8 Å². The lowest BCUT2D eigenvalue weighted by atomic mass is 9.90. The first-order valence-electron chi connectivity index (χ1n) is 12.3. The van der Waals surface area contributed by atoms with Gasteiger partial charge in [0.15, 0.2) is 0 Å². The molecule has 2 atom stereocenters. The molecule has 1 saturated heterocycles. The first-order valence-corrected chi connectivity index (χ1v) is 13.8. The number of pyridine rings is 1. The second-order valence-electron chi connectivity index (χ2n) is 9.28. The van der Waals surface area contributed by atoms with Crippen LogP contribution in [0.5, 0.6) is 0 Å². The maximum Gasteiger partial charge on any atom is 0.253 e. The summed E-state index contributed by atoms with van der Waals surface area (Å²) in [4.78, 5) is 31.1. The fourth-order valence-corrected chi connectivity index (χ4v) is 5.83. The van der Waals surface area contributed by atoms with Gasteiger partial charge in [-0.3, -0.25) is 14.6 Å². The molecule has 0 aliphatic carbocycles. The number of benzene rings is 2. The standard InChI is InChI=1S/C29H29ClN4O2S/c1-20(21-7-3-2-4-8-21)17-26(28(36)34-29(19-31)13-15-37-16-14-29)33-27(35)22-11-12-25(32-18-22)23-9-5-6-10-24(23)30/h2-12,18,20,26H,13-17H2,1H3,(H,33,35)(H,34,36)/t20-,26-/m0/s1. The average Bonchev–Trinajstić information content (AvgIpc) is 2.94. The summed E-state index contributed by atoms with van der Waals surface area (Å²) in [5.41, 5.74) is 1.94. The topological polar surface area (TPSA) is 94.9 Å². The van der Waals surface area contributed by atoms with E-state index in [2.05, 4.69) is 21.7 Å². The van der Waals surface area contributed by atoms with E-state index in [1.54, 1.807) is 30.0 Å². The Bertz CT molecular complexity index is 1270. The normalized spacial score (nSPS) is 16.1. The second kappa shape index (κ2) is 12.3. The number of halogens is 1. The predicted molar refractivity (Wildman–Crippen MR) is 148 cm³/mol. The van der Waals surface area contributed by atoms with Crippen molar-refractivity contribution in [3.05, 3.63) is 89.1 Å². The molecule has 2 N–H and O–H groups in total. The van der Waals surface area contributed by atoms with Crippen molar-refractivity contribution in [3.63, 3.8) is 0 Å². The highest BCUT2D eigenvalue weighted by atomic mass is 35.5. The van der Waals surface area contributed by atoms with Gasteiger partial charge in [0, 0.05) is 16.8 Å². The van der Waals surface area contributed by atoms with Crippen LogP contribution in [0.15, 0.2) is 72.9 Å². The smallest absolute Gasteiger partial charge is 0.253 e. The number of amides is 2. The Kier molecular flexibility index (Phi) is 8.86. The molecule has 3 aromatic rings. The molecule has 0 spiro atoms. The van der Waals surface area contributed by atoms with Crippen LogP contribution in [0.4, 0.5) is 0 Å². The Labute approximate surface area is 226 Å². The summed E-state index contributed by atoms with van der Waals surface area (Å²) in [6, 6.07) is 22.2. The Morgan fingerprint density at radius 1 is 1.08 bits per heavy atom. The van der Waals surface area contributed by atoms with Gasteiger partial charge in [-0.2, -0.15) is 17.0 Å². The molecule has 1 fully saturated rings. The Morgan fingerprint density at radius 3 is 2.43 bits per heavy atom. The average molecular weight is 533 g/mol. The van der Waals surface area contributed by atoms with E-state index in [0.717, 1.165) is 22.6 Å². The van der Waals surface area contributed by atoms with Crippen molar-refractivity contribution < 1.29 is 9.59 Å².